The maximum Gasteiger partial charge on any atom is 0.347 e. The van der Waals surface area contributed by atoms with Crippen molar-refractivity contribution in [3.8, 4) is 0 Å². The molecule has 0 amide bonds. The molecule has 2 aromatic heterocycles. The molecule has 1 saturated carbocycles. The highest BCUT2D eigenvalue weighted by Gasteiger charge is 2.37. The minimum atomic E-state index is -0.660. The molecular weight excluding hydrogens is 370 g/mol. The van der Waals surface area contributed by atoms with Crippen LogP contribution < -0.4 is 5.32 Å². The van der Waals surface area contributed by atoms with Crippen molar-refractivity contribution in [3.05, 3.63) is 47.3 Å². The zero-order chi connectivity index (χ0) is 20.2. The van der Waals surface area contributed by atoms with Crippen LogP contribution in [0, 0.1) is 5.92 Å². The minimum absolute atomic E-state index is 0.0631. The summed E-state index contributed by atoms with van der Waals surface area (Å²) < 4.78 is 10.9. The molecule has 1 aliphatic carbocycles. The van der Waals surface area contributed by atoms with Crippen LogP contribution in [0.2, 0.25) is 0 Å². The number of Topliss-reactive ketones (excluding diaryl/α,β-unsaturated/α-hetero) is 1. The number of esters is 1. The van der Waals surface area contributed by atoms with Crippen LogP contribution in [0.25, 0.3) is 17.1 Å². The minimum Gasteiger partial charge on any atom is -0.462 e. The second-order valence-electron chi connectivity index (χ2n) is 7.39. The van der Waals surface area contributed by atoms with Gasteiger partial charge in [0.15, 0.2) is 11.3 Å². The number of ether oxygens (including phenoxy) is 2. The molecule has 29 heavy (non-hydrogen) atoms. The smallest absolute Gasteiger partial charge is 0.347 e. The van der Waals surface area contributed by atoms with Gasteiger partial charge >= 0.3 is 5.97 Å². The lowest BCUT2D eigenvalue weighted by atomic mass is 9.89. The number of allylic oxidation sites excluding steroid dienone is 1. The number of rotatable bonds is 6. The Morgan fingerprint density at radius 1 is 1.38 bits per heavy atom. The Hall–Kier alpha value is -3.09. The average Bonchev–Trinajstić information content (AvgIpc) is 3.29. The molecule has 4 rings (SSSR count). The first-order valence-corrected chi connectivity index (χ1v) is 10.2. The highest BCUT2D eigenvalue weighted by atomic mass is 16.5. The third-order valence-electron chi connectivity index (χ3n) is 5.42. The molecule has 2 N–H and O–H groups in total. The second kappa shape index (κ2) is 8.51. The van der Waals surface area contributed by atoms with E-state index in [1.54, 1.807) is 25.4 Å². The van der Waals surface area contributed by atoms with Gasteiger partial charge in [0.1, 0.15) is 5.65 Å². The van der Waals surface area contributed by atoms with Crippen LogP contribution in [0.1, 0.15) is 44.6 Å². The van der Waals surface area contributed by atoms with Crippen LogP contribution in [0.15, 0.2) is 41.7 Å². The quantitative estimate of drug-likeness (QED) is 0.442. The van der Waals surface area contributed by atoms with Crippen molar-refractivity contribution in [3.63, 3.8) is 0 Å². The zero-order valence-corrected chi connectivity index (χ0v) is 16.5. The summed E-state index contributed by atoms with van der Waals surface area (Å²) in [5.41, 5.74) is 1.43. The summed E-state index contributed by atoms with van der Waals surface area (Å²) in [6.45, 7) is 2.58. The van der Waals surface area contributed by atoms with E-state index >= 15 is 0 Å². The number of carbonyl (C=O) groups excluding carboxylic acids is 2. The number of carbonyl (C=O) groups is 2. The van der Waals surface area contributed by atoms with E-state index in [1.807, 2.05) is 12.1 Å². The van der Waals surface area contributed by atoms with Gasteiger partial charge in [-0.05, 0) is 43.9 Å². The summed E-state index contributed by atoms with van der Waals surface area (Å²) in [6, 6.07) is 3.74. The fourth-order valence-corrected chi connectivity index (χ4v) is 3.91. The number of hydrogen-bond acceptors (Lipinski definition) is 6. The molecule has 1 aliphatic heterocycles. The normalized spacial score (nSPS) is 19.1. The number of aromatic amines is 1. The predicted octanol–water partition coefficient (Wildman–Crippen LogP) is 3.45. The molecule has 0 radical (unpaired) electrons. The lowest BCUT2D eigenvalue weighted by molar-refractivity contribution is -0.139. The number of nitrogens with zero attached hydrogens (tertiary/aromatic N) is 1. The summed E-state index contributed by atoms with van der Waals surface area (Å²) in [5, 5.41) is 4.07. The lowest BCUT2D eigenvalue weighted by Gasteiger charge is -2.22. The highest BCUT2D eigenvalue weighted by molar-refractivity contribution is 6.26. The molecule has 0 aromatic carbocycles. The van der Waals surface area contributed by atoms with E-state index in [9.17, 15) is 9.59 Å². The predicted molar refractivity (Wildman–Crippen MR) is 108 cm³/mol. The molecule has 7 heteroatoms. The molecule has 2 aromatic rings. The maximum atomic E-state index is 12.9. The monoisotopic (exact) mass is 395 g/mol. The average molecular weight is 395 g/mol. The SMILES string of the molecule is CCOC(=O)C1=C(NCC2CCCCC2)O/C(=C\c2c[nH]c3ncccc23)C1=O. The Labute approximate surface area is 169 Å². The van der Waals surface area contributed by atoms with Crippen LogP contribution in [0.4, 0.5) is 0 Å². The molecular formula is C22H25N3O4. The number of ketones is 1. The summed E-state index contributed by atoms with van der Waals surface area (Å²) >= 11 is 0. The third-order valence-corrected chi connectivity index (χ3v) is 5.42. The topological polar surface area (TPSA) is 93.3 Å². The van der Waals surface area contributed by atoms with Crippen molar-refractivity contribution in [2.45, 2.75) is 39.0 Å². The van der Waals surface area contributed by atoms with E-state index in [4.69, 9.17) is 9.47 Å². The summed E-state index contributed by atoms with van der Waals surface area (Å²) in [7, 11) is 0. The van der Waals surface area contributed by atoms with Crippen molar-refractivity contribution in [2.75, 3.05) is 13.2 Å². The Morgan fingerprint density at radius 2 is 2.21 bits per heavy atom. The second-order valence-corrected chi connectivity index (χ2v) is 7.39. The molecule has 1 fully saturated rings. The van der Waals surface area contributed by atoms with Gasteiger partial charge in [-0.1, -0.05) is 19.3 Å². The Kier molecular flexibility index (Phi) is 5.64. The first-order valence-electron chi connectivity index (χ1n) is 10.2. The van der Waals surface area contributed by atoms with Crippen molar-refractivity contribution < 1.29 is 19.1 Å². The van der Waals surface area contributed by atoms with Crippen LogP contribution >= 0.6 is 0 Å². The Morgan fingerprint density at radius 3 is 3.00 bits per heavy atom. The zero-order valence-electron chi connectivity index (χ0n) is 16.5. The van der Waals surface area contributed by atoms with E-state index in [2.05, 4.69) is 15.3 Å². The van der Waals surface area contributed by atoms with Gasteiger partial charge in [-0.15, -0.1) is 0 Å². The van der Waals surface area contributed by atoms with Crippen LogP contribution in [0.3, 0.4) is 0 Å². The number of fused-ring (bicyclic) bond motifs is 1. The van der Waals surface area contributed by atoms with Crippen LogP contribution in [0.5, 0.6) is 0 Å². The highest BCUT2D eigenvalue weighted by Crippen LogP contribution is 2.29. The van der Waals surface area contributed by atoms with E-state index in [1.165, 1.54) is 19.3 Å². The van der Waals surface area contributed by atoms with Crippen molar-refractivity contribution in [1.82, 2.24) is 15.3 Å². The van der Waals surface area contributed by atoms with E-state index in [-0.39, 0.29) is 23.8 Å². The van der Waals surface area contributed by atoms with E-state index in [0.29, 0.717) is 12.5 Å². The number of H-pyrrole nitrogens is 1. The van der Waals surface area contributed by atoms with Crippen molar-refractivity contribution in [1.29, 1.82) is 0 Å². The van der Waals surface area contributed by atoms with E-state index in [0.717, 1.165) is 29.4 Å². The Bertz CT molecular complexity index is 983. The molecule has 0 atom stereocenters. The fraction of sp³-hybridized carbons (Fsp3) is 0.409. The largest absolute Gasteiger partial charge is 0.462 e. The van der Waals surface area contributed by atoms with Crippen LogP contribution in [-0.2, 0) is 19.1 Å². The third kappa shape index (κ3) is 4.04. The molecule has 0 spiro atoms. The number of pyridine rings is 1. The first kappa shape index (κ1) is 19.2. The maximum absolute atomic E-state index is 12.9. The van der Waals surface area contributed by atoms with Gasteiger partial charge in [0.05, 0.1) is 6.61 Å². The van der Waals surface area contributed by atoms with Gasteiger partial charge in [-0.25, -0.2) is 9.78 Å². The summed E-state index contributed by atoms with van der Waals surface area (Å²) in [4.78, 5) is 32.7. The molecule has 152 valence electrons. The number of hydrogen-bond donors (Lipinski definition) is 2. The number of aromatic nitrogens is 2. The molecule has 3 heterocycles. The van der Waals surface area contributed by atoms with Gasteiger partial charge in [0, 0.05) is 29.9 Å². The molecule has 2 aliphatic rings. The molecule has 0 bridgehead atoms. The summed E-state index contributed by atoms with van der Waals surface area (Å²) in [5.74, 6) is -0.307. The van der Waals surface area contributed by atoms with Gasteiger partial charge < -0.3 is 19.8 Å². The van der Waals surface area contributed by atoms with E-state index < -0.39 is 11.8 Å². The van der Waals surface area contributed by atoms with Gasteiger partial charge in [0.2, 0.25) is 11.7 Å². The first-order chi connectivity index (χ1) is 14.2. The van der Waals surface area contributed by atoms with Gasteiger partial charge in [0.25, 0.3) is 0 Å². The standard InChI is InChI=1S/C22H25N3O4/c1-2-28-22(27)18-19(26)17(11-15-13-24-20-16(15)9-6-10-23-20)29-21(18)25-12-14-7-4-3-5-8-14/h6,9-11,13-14,25H,2-5,7-8,12H2,1H3,(H,23,24)/b17-11-. The van der Waals surface area contributed by atoms with Crippen LogP contribution in [-0.4, -0.2) is 34.9 Å². The Balaban J connectivity index is 1.58. The van der Waals surface area contributed by atoms with Gasteiger partial charge in [-0.3, -0.25) is 4.79 Å². The fourth-order valence-electron chi connectivity index (χ4n) is 3.91. The number of nitrogens with one attached hydrogen (secondary N) is 2. The molecule has 0 saturated heterocycles. The lowest BCUT2D eigenvalue weighted by Crippen LogP contribution is -2.26. The van der Waals surface area contributed by atoms with Crippen molar-refractivity contribution in [2.24, 2.45) is 5.92 Å². The molecule has 0 unspecified atom stereocenters. The van der Waals surface area contributed by atoms with Gasteiger partial charge in [-0.2, -0.15) is 0 Å². The summed E-state index contributed by atoms with van der Waals surface area (Å²) in [6.07, 6.45) is 11.1. The van der Waals surface area contributed by atoms with Crippen molar-refractivity contribution >= 4 is 28.9 Å². The molecule has 7 nitrogen and oxygen atoms in total.